The SMILES string of the molecule is Cc1ccc(C(=O)NC2CC2)cc1Nc1ncnn2cc(C3OC(C)O3)c(C)c12. The van der Waals surface area contributed by atoms with Crippen molar-refractivity contribution in [3.63, 3.8) is 0 Å². The van der Waals surface area contributed by atoms with Gasteiger partial charge in [-0.15, -0.1) is 0 Å². The summed E-state index contributed by atoms with van der Waals surface area (Å²) in [6, 6.07) is 5.98. The van der Waals surface area contributed by atoms with E-state index in [-0.39, 0.29) is 18.5 Å². The maximum atomic E-state index is 12.4. The van der Waals surface area contributed by atoms with Gasteiger partial charge in [0.2, 0.25) is 0 Å². The van der Waals surface area contributed by atoms with Crippen molar-refractivity contribution in [2.45, 2.75) is 52.2 Å². The fourth-order valence-electron chi connectivity index (χ4n) is 3.54. The number of aryl methyl sites for hydroxylation is 2. The quantitative estimate of drug-likeness (QED) is 0.691. The number of amides is 1. The maximum absolute atomic E-state index is 12.4. The lowest BCUT2D eigenvalue weighted by Gasteiger charge is -2.33. The second-order valence-electron chi connectivity index (χ2n) is 7.69. The van der Waals surface area contributed by atoms with Crippen LogP contribution in [0.25, 0.3) is 5.52 Å². The second kappa shape index (κ2) is 6.82. The Kier molecular flexibility index (Phi) is 4.25. The molecule has 29 heavy (non-hydrogen) atoms. The van der Waals surface area contributed by atoms with Crippen LogP contribution in [0.4, 0.5) is 11.5 Å². The summed E-state index contributed by atoms with van der Waals surface area (Å²) < 4.78 is 13.1. The Bertz CT molecular complexity index is 1100. The summed E-state index contributed by atoms with van der Waals surface area (Å²) in [5.74, 6) is 0.622. The molecule has 1 amide bonds. The highest BCUT2D eigenvalue weighted by molar-refractivity contribution is 5.96. The number of aromatic nitrogens is 3. The minimum Gasteiger partial charge on any atom is -0.349 e. The number of nitrogens with one attached hydrogen (secondary N) is 2. The van der Waals surface area contributed by atoms with E-state index in [0.717, 1.165) is 40.7 Å². The van der Waals surface area contributed by atoms with E-state index in [9.17, 15) is 4.79 Å². The van der Waals surface area contributed by atoms with Gasteiger partial charge in [-0.25, -0.2) is 9.50 Å². The number of carbonyl (C=O) groups is 1. The predicted molar refractivity (Wildman–Crippen MR) is 107 cm³/mol. The number of ether oxygens (including phenoxy) is 2. The molecule has 1 aliphatic heterocycles. The first kappa shape index (κ1) is 18.1. The van der Waals surface area contributed by atoms with Crippen LogP contribution in [-0.2, 0) is 9.47 Å². The van der Waals surface area contributed by atoms with Crippen LogP contribution >= 0.6 is 0 Å². The number of fused-ring (bicyclic) bond motifs is 1. The second-order valence-corrected chi connectivity index (χ2v) is 7.69. The smallest absolute Gasteiger partial charge is 0.251 e. The van der Waals surface area contributed by atoms with E-state index in [1.165, 1.54) is 6.33 Å². The lowest BCUT2D eigenvalue weighted by Crippen LogP contribution is -2.31. The first-order valence-corrected chi connectivity index (χ1v) is 9.82. The summed E-state index contributed by atoms with van der Waals surface area (Å²) in [6.07, 6.45) is 4.95. The van der Waals surface area contributed by atoms with Crippen LogP contribution in [0, 0.1) is 13.8 Å². The lowest BCUT2D eigenvalue weighted by atomic mass is 10.1. The molecule has 0 unspecified atom stereocenters. The van der Waals surface area contributed by atoms with Crippen LogP contribution in [0.2, 0.25) is 0 Å². The first-order chi connectivity index (χ1) is 14.0. The lowest BCUT2D eigenvalue weighted by molar-refractivity contribution is -0.382. The van der Waals surface area contributed by atoms with E-state index in [2.05, 4.69) is 20.7 Å². The van der Waals surface area contributed by atoms with Gasteiger partial charge in [0.15, 0.2) is 18.4 Å². The van der Waals surface area contributed by atoms with E-state index in [1.807, 2.05) is 45.2 Å². The molecule has 3 heterocycles. The minimum absolute atomic E-state index is 0.0436. The average molecular weight is 393 g/mol. The zero-order chi connectivity index (χ0) is 20.1. The van der Waals surface area contributed by atoms with Crippen LogP contribution < -0.4 is 10.6 Å². The number of anilines is 2. The highest BCUT2D eigenvalue weighted by Crippen LogP contribution is 2.37. The zero-order valence-electron chi connectivity index (χ0n) is 16.6. The molecule has 0 bridgehead atoms. The van der Waals surface area contributed by atoms with Crippen molar-refractivity contribution in [3.8, 4) is 0 Å². The van der Waals surface area contributed by atoms with Gasteiger partial charge in [0.25, 0.3) is 5.91 Å². The molecule has 3 aromatic rings. The third-order valence-electron chi connectivity index (χ3n) is 5.42. The summed E-state index contributed by atoms with van der Waals surface area (Å²) >= 11 is 0. The molecular formula is C21H23N5O3. The molecular weight excluding hydrogens is 370 g/mol. The fraction of sp³-hybridized carbons (Fsp3) is 0.381. The molecule has 0 spiro atoms. The average Bonchev–Trinajstić information content (AvgIpc) is 3.43. The number of carbonyl (C=O) groups excluding carboxylic acids is 1. The molecule has 2 aliphatic rings. The molecule has 8 nitrogen and oxygen atoms in total. The van der Waals surface area contributed by atoms with Gasteiger partial charge in [-0.1, -0.05) is 6.07 Å². The van der Waals surface area contributed by atoms with Crippen molar-refractivity contribution in [2.75, 3.05) is 5.32 Å². The van der Waals surface area contributed by atoms with Gasteiger partial charge in [-0.05, 0) is 56.9 Å². The largest absolute Gasteiger partial charge is 0.349 e. The van der Waals surface area contributed by atoms with Gasteiger partial charge < -0.3 is 20.1 Å². The van der Waals surface area contributed by atoms with Crippen molar-refractivity contribution in [2.24, 2.45) is 0 Å². The van der Waals surface area contributed by atoms with Crippen molar-refractivity contribution in [1.82, 2.24) is 19.9 Å². The molecule has 1 aliphatic carbocycles. The Morgan fingerprint density at radius 1 is 1.24 bits per heavy atom. The molecule has 0 radical (unpaired) electrons. The molecule has 2 N–H and O–H groups in total. The van der Waals surface area contributed by atoms with E-state index >= 15 is 0 Å². The van der Waals surface area contributed by atoms with Gasteiger partial charge in [-0.3, -0.25) is 4.79 Å². The number of hydrogen-bond acceptors (Lipinski definition) is 6. The van der Waals surface area contributed by atoms with Crippen LogP contribution in [0.3, 0.4) is 0 Å². The number of nitrogens with zero attached hydrogens (tertiary/aromatic N) is 3. The van der Waals surface area contributed by atoms with Crippen LogP contribution in [0.15, 0.2) is 30.7 Å². The molecule has 1 saturated carbocycles. The minimum atomic E-state index is -0.379. The topological polar surface area (TPSA) is 89.8 Å². The Morgan fingerprint density at radius 2 is 2.03 bits per heavy atom. The number of hydrogen-bond donors (Lipinski definition) is 2. The standard InChI is InChI=1S/C21H23N5O3/c1-11-4-5-14(20(27)24-15-6-7-15)8-17(11)25-19-18-12(2)16(21-28-13(3)29-21)9-26(18)23-10-22-19/h4-5,8-10,13,15,21H,6-7H2,1-3H3,(H,24,27)(H,22,23,25). The Balaban J connectivity index is 1.47. The van der Waals surface area contributed by atoms with Crippen LogP contribution in [0.1, 0.15) is 53.1 Å². The zero-order valence-corrected chi connectivity index (χ0v) is 16.6. The Labute approximate surface area is 168 Å². The molecule has 5 rings (SSSR count). The van der Waals surface area contributed by atoms with E-state index in [1.54, 1.807) is 4.52 Å². The summed E-state index contributed by atoms with van der Waals surface area (Å²) in [4.78, 5) is 16.9. The van der Waals surface area contributed by atoms with Crippen LogP contribution in [0.5, 0.6) is 0 Å². The fourth-order valence-corrected chi connectivity index (χ4v) is 3.54. The van der Waals surface area contributed by atoms with E-state index in [0.29, 0.717) is 17.4 Å². The van der Waals surface area contributed by atoms with E-state index in [4.69, 9.17) is 9.47 Å². The summed E-state index contributed by atoms with van der Waals surface area (Å²) in [5.41, 5.74) is 5.26. The van der Waals surface area contributed by atoms with Crippen molar-refractivity contribution >= 4 is 22.9 Å². The third kappa shape index (κ3) is 3.34. The molecule has 8 heteroatoms. The molecule has 1 aromatic carbocycles. The molecule has 0 atom stereocenters. The van der Waals surface area contributed by atoms with Gasteiger partial charge in [0.05, 0.1) is 0 Å². The maximum Gasteiger partial charge on any atom is 0.251 e. The highest BCUT2D eigenvalue weighted by Gasteiger charge is 2.32. The predicted octanol–water partition coefficient (Wildman–Crippen LogP) is 3.37. The summed E-state index contributed by atoms with van der Waals surface area (Å²) in [5, 5.41) is 10.7. The van der Waals surface area contributed by atoms with E-state index < -0.39 is 0 Å². The van der Waals surface area contributed by atoms with Gasteiger partial charge in [-0.2, -0.15) is 5.10 Å². The van der Waals surface area contributed by atoms with Gasteiger partial charge >= 0.3 is 0 Å². The molecule has 2 fully saturated rings. The molecule has 1 saturated heterocycles. The van der Waals surface area contributed by atoms with Gasteiger partial charge in [0.1, 0.15) is 11.8 Å². The Morgan fingerprint density at radius 3 is 2.76 bits per heavy atom. The van der Waals surface area contributed by atoms with Crippen molar-refractivity contribution in [1.29, 1.82) is 0 Å². The number of rotatable bonds is 5. The monoisotopic (exact) mass is 393 g/mol. The first-order valence-electron chi connectivity index (χ1n) is 9.82. The highest BCUT2D eigenvalue weighted by atomic mass is 16.9. The molecule has 2 aromatic heterocycles. The number of benzene rings is 1. The van der Waals surface area contributed by atoms with Gasteiger partial charge in [0, 0.05) is 29.1 Å². The van der Waals surface area contributed by atoms with Crippen LogP contribution in [-0.4, -0.2) is 32.8 Å². The van der Waals surface area contributed by atoms with Crippen molar-refractivity contribution < 1.29 is 14.3 Å². The normalized spacial score (nSPS) is 21.1. The summed E-state index contributed by atoms with van der Waals surface area (Å²) in [6.45, 7) is 5.86. The summed E-state index contributed by atoms with van der Waals surface area (Å²) in [7, 11) is 0. The Hall–Kier alpha value is -2.97. The molecule has 150 valence electrons. The van der Waals surface area contributed by atoms with Crippen molar-refractivity contribution in [3.05, 3.63) is 53.0 Å². The third-order valence-corrected chi connectivity index (χ3v) is 5.42.